The lowest BCUT2D eigenvalue weighted by molar-refractivity contribution is -0.125. The summed E-state index contributed by atoms with van der Waals surface area (Å²) in [6.45, 7) is 5.18. The van der Waals surface area contributed by atoms with Gasteiger partial charge in [0, 0.05) is 18.5 Å². The van der Waals surface area contributed by atoms with Gasteiger partial charge in [-0.2, -0.15) is 0 Å². The van der Waals surface area contributed by atoms with Crippen molar-refractivity contribution in [3.8, 4) is 0 Å². The molecule has 0 saturated heterocycles. The summed E-state index contributed by atoms with van der Waals surface area (Å²) in [5.74, 6) is 2.63. The third-order valence-electron chi connectivity index (χ3n) is 7.12. The van der Waals surface area contributed by atoms with Crippen molar-refractivity contribution in [1.82, 2.24) is 10.6 Å². The Morgan fingerprint density at radius 1 is 0.920 bits per heavy atom. The maximum atomic E-state index is 11.6. The minimum atomic E-state index is 0.152. The zero-order chi connectivity index (χ0) is 17.7. The molecule has 2 unspecified atom stereocenters. The number of carbonyl (C=O) groups excluding carboxylic acids is 1. The summed E-state index contributed by atoms with van der Waals surface area (Å²) in [6.07, 6.45) is 17.6. The highest BCUT2D eigenvalue weighted by Crippen LogP contribution is 2.55. The van der Waals surface area contributed by atoms with E-state index in [2.05, 4.69) is 17.6 Å². The van der Waals surface area contributed by atoms with Crippen molar-refractivity contribution in [2.24, 2.45) is 17.8 Å². The predicted molar refractivity (Wildman–Crippen MR) is 105 cm³/mol. The molecular formula is C22H40N2O. The number of hydrogen-bond donors (Lipinski definition) is 2. The Morgan fingerprint density at radius 3 is 2.12 bits per heavy atom. The molecule has 0 aromatic rings. The number of hydrogen-bond acceptors (Lipinski definition) is 2. The van der Waals surface area contributed by atoms with Crippen molar-refractivity contribution >= 4 is 5.91 Å². The van der Waals surface area contributed by atoms with E-state index in [1.54, 1.807) is 6.92 Å². The average molecular weight is 349 g/mol. The zero-order valence-corrected chi connectivity index (χ0v) is 16.6. The van der Waals surface area contributed by atoms with Gasteiger partial charge in [-0.05, 0) is 62.8 Å². The fraction of sp³-hybridized carbons (Fsp3) is 0.955. The molecule has 3 nitrogen and oxygen atoms in total. The van der Waals surface area contributed by atoms with E-state index in [1.807, 2.05) is 0 Å². The van der Waals surface area contributed by atoms with E-state index in [0.717, 1.165) is 23.8 Å². The van der Waals surface area contributed by atoms with Gasteiger partial charge < -0.3 is 10.6 Å². The Morgan fingerprint density at radius 2 is 1.52 bits per heavy atom. The van der Waals surface area contributed by atoms with Crippen molar-refractivity contribution in [1.29, 1.82) is 0 Å². The van der Waals surface area contributed by atoms with Crippen LogP contribution in [0.25, 0.3) is 0 Å². The summed E-state index contributed by atoms with van der Waals surface area (Å²) >= 11 is 0. The quantitative estimate of drug-likeness (QED) is 0.527. The van der Waals surface area contributed by atoms with E-state index in [9.17, 15) is 4.79 Å². The first-order valence-electron chi connectivity index (χ1n) is 11.1. The van der Waals surface area contributed by atoms with Crippen LogP contribution in [0.1, 0.15) is 97.3 Å². The fourth-order valence-corrected chi connectivity index (χ4v) is 6.41. The van der Waals surface area contributed by atoms with Gasteiger partial charge in [-0.3, -0.25) is 4.79 Å². The molecule has 0 aromatic heterocycles. The normalized spacial score (nSPS) is 35.9. The molecule has 4 aliphatic carbocycles. The van der Waals surface area contributed by atoms with Crippen LogP contribution in [-0.4, -0.2) is 24.0 Å². The van der Waals surface area contributed by atoms with Gasteiger partial charge >= 0.3 is 0 Å². The van der Waals surface area contributed by atoms with Crippen molar-refractivity contribution in [2.45, 2.75) is 109 Å². The van der Waals surface area contributed by atoms with Crippen LogP contribution < -0.4 is 10.6 Å². The molecule has 4 fully saturated rings. The average Bonchev–Trinajstić information content (AvgIpc) is 2.53. The van der Waals surface area contributed by atoms with Crippen molar-refractivity contribution in [3.05, 3.63) is 0 Å². The lowest BCUT2D eigenvalue weighted by Gasteiger charge is -2.60. The summed E-state index contributed by atoms with van der Waals surface area (Å²) in [7, 11) is 0. The first-order chi connectivity index (χ1) is 12.1. The smallest absolute Gasteiger partial charge is 0.217 e. The van der Waals surface area contributed by atoms with Crippen LogP contribution in [0.2, 0.25) is 0 Å². The molecule has 25 heavy (non-hydrogen) atoms. The van der Waals surface area contributed by atoms with E-state index in [1.165, 1.54) is 90.0 Å². The topological polar surface area (TPSA) is 41.1 Å². The van der Waals surface area contributed by atoms with Crippen LogP contribution in [0.4, 0.5) is 0 Å². The number of carbonyl (C=O) groups is 1. The molecule has 4 bridgehead atoms. The van der Waals surface area contributed by atoms with Crippen LogP contribution in [0.15, 0.2) is 0 Å². The van der Waals surface area contributed by atoms with Crippen molar-refractivity contribution < 1.29 is 4.79 Å². The van der Waals surface area contributed by atoms with Crippen LogP contribution in [0, 0.1) is 17.8 Å². The lowest BCUT2D eigenvalue weighted by Crippen LogP contribution is -2.66. The monoisotopic (exact) mass is 348 g/mol. The molecule has 144 valence electrons. The zero-order valence-electron chi connectivity index (χ0n) is 16.6. The summed E-state index contributed by atoms with van der Waals surface area (Å²) in [4.78, 5) is 11.6. The molecule has 0 aromatic carbocycles. The van der Waals surface area contributed by atoms with Crippen molar-refractivity contribution in [3.63, 3.8) is 0 Å². The molecule has 4 aliphatic rings. The number of unbranched alkanes of at least 4 members (excludes halogenated alkanes) is 7. The van der Waals surface area contributed by atoms with E-state index >= 15 is 0 Å². The molecule has 2 N–H and O–H groups in total. The third kappa shape index (κ3) is 4.99. The molecule has 4 rings (SSSR count). The molecule has 0 aliphatic heterocycles. The third-order valence-corrected chi connectivity index (χ3v) is 7.12. The maximum Gasteiger partial charge on any atom is 0.217 e. The summed E-state index contributed by atoms with van der Waals surface area (Å²) in [5.41, 5.74) is 0.152. The Hall–Kier alpha value is -0.570. The molecule has 4 saturated carbocycles. The van der Waals surface area contributed by atoms with Gasteiger partial charge in [0.05, 0.1) is 0 Å². The number of nitrogens with one attached hydrogen (secondary N) is 2. The molecule has 2 atom stereocenters. The Labute approximate surface area is 155 Å². The number of amides is 1. The summed E-state index contributed by atoms with van der Waals surface area (Å²) in [6, 6.07) is 0.725. The molecule has 1 amide bonds. The fourth-order valence-electron chi connectivity index (χ4n) is 6.41. The molecular weight excluding hydrogens is 308 g/mol. The van der Waals surface area contributed by atoms with Gasteiger partial charge in [0.2, 0.25) is 5.91 Å². The van der Waals surface area contributed by atoms with Gasteiger partial charge in [-0.15, -0.1) is 0 Å². The molecule has 0 heterocycles. The standard InChI is InChI=1S/C22H40N2O/c1-3-4-5-6-7-8-9-10-11-23-21-19-12-18-13-20(21)16-22(14-18,15-19)24-17(2)25/h18-21,23H,3-16H2,1-2H3,(H,24,25). The summed E-state index contributed by atoms with van der Waals surface area (Å²) in [5, 5.41) is 7.28. The van der Waals surface area contributed by atoms with E-state index < -0.39 is 0 Å². The highest BCUT2D eigenvalue weighted by Gasteiger charge is 2.55. The van der Waals surface area contributed by atoms with Gasteiger partial charge in [-0.25, -0.2) is 0 Å². The van der Waals surface area contributed by atoms with Crippen molar-refractivity contribution in [2.75, 3.05) is 6.54 Å². The van der Waals surface area contributed by atoms with E-state index in [4.69, 9.17) is 0 Å². The van der Waals surface area contributed by atoms with E-state index in [0.29, 0.717) is 0 Å². The first-order valence-corrected chi connectivity index (χ1v) is 11.1. The second-order valence-corrected chi connectivity index (χ2v) is 9.39. The second-order valence-electron chi connectivity index (χ2n) is 9.39. The van der Waals surface area contributed by atoms with Gasteiger partial charge in [0.15, 0.2) is 0 Å². The molecule has 3 heteroatoms. The first kappa shape index (κ1) is 19.2. The highest BCUT2D eigenvalue weighted by atomic mass is 16.1. The minimum Gasteiger partial charge on any atom is -0.351 e. The predicted octanol–water partition coefficient (Wildman–Crippen LogP) is 4.80. The number of rotatable bonds is 11. The SMILES string of the molecule is CCCCCCCCCCNC1C2CC3CC1CC(NC(C)=O)(C3)C2. The highest BCUT2D eigenvalue weighted by molar-refractivity contribution is 5.74. The van der Waals surface area contributed by atoms with Gasteiger partial charge in [0.25, 0.3) is 0 Å². The molecule has 0 radical (unpaired) electrons. The van der Waals surface area contributed by atoms with Crippen LogP contribution in [0.3, 0.4) is 0 Å². The van der Waals surface area contributed by atoms with Crippen LogP contribution >= 0.6 is 0 Å². The molecule has 0 spiro atoms. The van der Waals surface area contributed by atoms with Crippen LogP contribution in [-0.2, 0) is 4.79 Å². The second kappa shape index (κ2) is 8.88. The van der Waals surface area contributed by atoms with Crippen LogP contribution in [0.5, 0.6) is 0 Å². The summed E-state index contributed by atoms with van der Waals surface area (Å²) < 4.78 is 0. The van der Waals surface area contributed by atoms with E-state index in [-0.39, 0.29) is 11.4 Å². The Bertz CT molecular complexity index is 420. The Kier molecular flexibility index (Phi) is 6.82. The minimum absolute atomic E-state index is 0.152. The largest absolute Gasteiger partial charge is 0.351 e. The van der Waals surface area contributed by atoms with Gasteiger partial charge in [0.1, 0.15) is 0 Å². The Balaban J connectivity index is 1.34. The maximum absolute atomic E-state index is 11.6. The lowest BCUT2D eigenvalue weighted by atomic mass is 9.51. The van der Waals surface area contributed by atoms with Gasteiger partial charge in [-0.1, -0.05) is 51.9 Å².